The number of nitrogens with zero attached hydrogens (tertiary/aromatic N) is 2. The number of thiocarbonyl (C=S) groups is 1. The van der Waals surface area contributed by atoms with Crippen molar-refractivity contribution in [2.45, 2.75) is 25.7 Å². The lowest BCUT2D eigenvalue weighted by molar-refractivity contribution is -0.122. The maximum Gasteiger partial charge on any atom is 0.238 e. The summed E-state index contributed by atoms with van der Waals surface area (Å²) in [4.78, 5) is 20.6. The molecule has 96 valence electrons. The number of amides is 1. The van der Waals surface area contributed by atoms with Crippen molar-refractivity contribution in [2.24, 2.45) is 11.1 Å². The summed E-state index contributed by atoms with van der Waals surface area (Å²) >= 11 is 8.24. The van der Waals surface area contributed by atoms with E-state index in [0.717, 1.165) is 12.8 Å². The van der Waals surface area contributed by atoms with Crippen LogP contribution in [-0.2, 0) is 4.79 Å². The first-order chi connectivity index (χ1) is 8.54. The molecule has 1 aromatic heterocycles. The van der Waals surface area contributed by atoms with Crippen LogP contribution < -0.4 is 11.1 Å². The summed E-state index contributed by atoms with van der Waals surface area (Å²) in [5, 5.41) is 2.73. The zero-order chi connectivity index (χ0) is 13.2. The van der Waals surface area contributed by atoms with Crippen LogP contribution in [0.15, 0.2) is 17.0 Å². The number of aromatic nitrogens is 2. The van der Waals surface area contributed by atoms with Crippen LogP contribution in [0.3, 0.4) is 0 Å². The highest BCUT2D eigenvalue weighted by molar-refractivity contribution is 9.10. The van der Waals surface area contributed by atoms with Crippen LogP contribution in [0.25, 0.3) is 0 Å². The number of halogens is 1. The fourth-order valence-corrected chi connectivity index (χ4v) is 2.68. The number of carbonyl (C=O) groups excluding carboxylic acids is 1. The molecule has 2 rings (SSSR count). The summed E-state index contributed by atoms with van der Waals surface area (Å²) in [7, 11) is 0. The SMILES string of the molecule is NC(=S)C1(C(=O)Nc2cnc(Br)cn2)CCCC1. The zero-order valence-electron chi connectivity index (χ0n) is 9.65. The van der Waals surface area contributed by atoms with Crippen LogP contribution in [0.4, 0.5) is 5.82 Å². The first-order valence-electron chi connectivity index (χ1n) is 5.63. The highest BCUT2D eigenvalue weighted by Gasteiger charge is 2.44. The Morgan fingerprint density at radius 1 is 1.39 bits per heavy atom. The van der Waals surface area contributed by atoms with Gasteiger partial charge >= 0.3 is 0 Å². The van der Waals surface area contributed by atoms with E-state index in [1.54, 1.807) is 0 Å². The Morgan fingerprint density at radius 3 is 2.56 bits per heavy atom. The Bertz CT molecular complexity index is 470. The smallest absolute Gasteiger partial charge is 0.238 e. The Morgan fingerprint density at radius 2 is 2.06 bits per heavy atom. The third-order valence-electron chi connectivity index (χ3n) is 3.23. The molecule has 1 fully saturated rings. The summed E-state index contributed by atoms with van der Waals surface area (Å²) in [5.41, 5.74) is 5.02. The normalized spacial score (nSPS) is 17.4. The molecule has 1 aliphatic carbocycles. The molecule has 5 nitrogen and oxygen atoms in total. The van der Waals surface area contributed by atoms with Gasteiger partial charge in [0.2, 0.25) is 5.91 Å². The predicted molar refractivity (Wildman–Crippen MR) is 76.0 cm³/mol. The summed E-state index contributed by atoms with van der Waals surface area (Å²) in [6.07, 6.45) is 6.37. The second-order valence-electron chi connectivity index (χ2n) is 4.33. The van der Waals surface area contributed by atoms with E-state index in [1.807, 2.05) is 0 Å². The monoisotopic (exact) mass is 328 g/mol. The van der Waals surface area contributed by atoms with Gasteiger partial charge in [0.05, 0.1) is 22.8 Å². The van der Waals surface area contributed by atoms with Crippen molar-refractivity contribution >= 4 is 44.9 Å². The Balaban J connectivity index is 2.15. The third-order valence-corrected chi connectivity index (χ3v) is 4.03. The van der Waals surface area contributed by atoms with E-state index < -0.39 is 5.41 Å². The largest absolute Gasteiger partial charge is 0.392 e. The Hall–Kier alpha value is -1.08. The average Bonchev–Trinajstić information content (AvgIpc) is 2.82. The molecular formula is C11H13BrN4OS. The van der Waals surface area contributed by atoms with Gasteiger partial charge in [0.15, 0.2) is 5.82 Å². The number of rotatable bonds is 3. The lowest BCUT2D eigenvalue weighted by Gasteiger charge is -2.25. The first kappa shape index (κ1) is 13.4. The quantitative estimate of drug-likeness (QED) is 0.830. The van der Waals surface area contributed by atoms with Gasteiger partial charge < -0.3 is 11.1 Å². The maximum absolute atomic E-state index is 12.3. The van der Waals surface area contributed by atoms with Gasteiger partial charge in [-0.05, 0) is 28.8 Å². The fraction of sp³-hybridized carbons (Fsp3) is 0.455. The first-order valence-corrected chi connectivity index (χ1v) is 6.84. The maximum atomic E-state index is 12.3. The molecule has 3 N–H and O–H groups in total. The van der Waals surface area contributed by atoms with Gasteiger partial charge in [-0.25, -0.2) is 9.97 Å². The molecule has 0 unspecified atom stereocenters. The van der Waals surface area contributed by atoms with Gasteiger partial charge in [0.1, 0.15) is 4.60 Å². The van der Waals surface area contributed by atoms with Crippen molar-refractivity contribution in [1.29, 1.82) is 0 Å². The lowest BCUT2D eigenvalue weighted by Crippen LogP contribution is -2.44. The number of nitrogens with one attached hydrogen (secondary N) is 1. The van der Waals surface area contributed by atoms with E-state index in [2.05, 4.69) is 31.2 Å². The summed E-state index contributed by atoms with van der Waals surface area (Å²) < 4.78 is 0.616. The van der Waals surface area contributed by atoms with E-state index in [4.69, 9.17) is 18.0 Å². The summed E-state index contributed by atoms with van der Waals surface area (Å²) in [5.74, 6) is 0.231. The van der Waals surface area contributed by atoms with Gasteiger partial charge in [-0.3, -0.25) is 4.79 Å². The molecule has 18 heavy (non-hydrogen) atoms. The number of hydrogen-bond acceptors (Lipinski definition) is 4. The lowest BCUT2D eigenvalue weighted by atomic mass is 9.85. The van der Waals surface area contributed by atoms with Crippen LogP contribution in [0.1, 0.15) is 25.7 Å². The summed E-state index contributed by atoms with van der Waals surface area (Å²) in [6, 6.07) is 0. The molecule has 1 amide bonds. The minimum absolute atomic E-state index is 0.177. The topological polar surface area (TPSA) is 80.9 Å². The van der Waals surface area contributed by atoms with E-state index in [-0.39, 0.29) is 10.9 Å². The molecule has 0 bridgehead atoms. The number of carbonyl (C=O) groups is 1. The van der Waals surface area contributed by atoms with Crippen molar-refractivity contribution in [1.82, 2.24) is 9.97 Å². The fourth-order valence-electron chi connectivity index (χ4n) is 2.18. The van der Waals surface area contributed by atoms with Gasteiger partial charge in [-0.15, -0.1) is 0 Å². The van der Waals surface area contributed by atoms with Crippen molar-refractivity contribution in [2.75, 3.05) is 5.32 Å². The van der Waals surface area contributed by atoms with Crippen LogP contribution in [0, 0.1) is 5.41 Å². The molecule has 1 heterocycles. The standard InChI is InChI=1S/C11H13BrN4OS/c12-7-5-15-8(6-14-7)16-10(17)11(9(13)18)3-1-2-4-11/h5-6H,1-4H2,(H2,13,18)(H,15,16,17). The molecule has 1 aliphatic rings. The van der Waals surface area contributed by atoms with E-state index >= 15 is 0 Å². The van der Waals surface area contributed by atoms with Crippen LogP contribution in [0.2, 0.25) is 0 Å². The highest BCUT2D eigenvalue weighted by Crippen LogP contribution is 2.39. The molecule has 0 atom stereocenters. The van der Waals surface area contributed by atoms with Crippen molar-refractivity contribution < 1.29 is 4.79 Å². The van der Waals surface area contributed by atoms with Crippen molar-refractivity contribution in [3.8, 4) is 0 Å². The molecule has 0 aromatic carbocycles. The Kier molecular flexibility index (Phi) is 3.91. The van der Waals surface area contributed by atoms with E-state index in [0.29, 0.717) is 23.3 Å². The number of anilines is 1. The van der Waals surface area contributed by atoms with Crippen LogP contribution >= 0.6 is 28.1 Å². The van der Waals surface area contributed by atoms with Crippen molar-refractivity contribution in [3.05, 3.63) is 17.0 Å². The second kappa shape index (κ2) is 5.27. The molecule has 0 spiro atoms. The van der Waals surface area contributed by atoms with Gasteiger partial charge in [-0.1, -0.05) is 25.1 Å². The predicted octanol–water partition coefficient (Wildman–Crippen LogP) is 2.02. The van der Waals surface area contributed by atoms with Crippen LogP contribution in [0.5, 0.6) is 0 Å². The molecule has 1 aromatic rings. The van der Waals surface area contributed by atoms with Gasteiger partial charge in [0.25, 0.3) is 0 Å². The molecular weight excluding hydrogens is 316 g/mol. The molecule has 7 heteroatoms. The molecule has 1 saturated carbocycles. The van der Waals surface area contributed by atoms with E-state index in [9.17, 15) is 4.79 Å². The van der Waals surface area contributed by atoms with Gasteiger partial charge in [0, 0.05) is 0 Å². The number of hydrogen-bond donors (Lipinski definition) is 2. The van der Waals surface area contributed by atoms with Gasteiger partial charge in [-0.2, -0.15) is 0 Å². The van der Waals surface area contributed by atoms with Crippen molar-refractivity contribution in [3.63, 3.8) is 0 Å². The highest BCUT2D eigenvalue weighted by atomic mass is 79.9. The Labute approximate surface area is 119 Å². The second-order valence-corrected chi connectivity index (χ2v) is 5.58. The minimum atomic E-state index is -0.718. The summed E-state index contributed by atoms with van der Waals surface area (Å²) in [6.45, 7) is 0. The molecule has 0 radical (unpaired) electrons. The average molecular weight is 329 g/mol. The molecule has 0 saturated heterocycles. The van der Waals surface area contributed by atoms with E-state index in [1.165, 1.54) is 12.4 Å². The minimum Gasteiger partial charge on any atom is -0.392 e. The van der Waals surface area contributed by atoms with Crippen LogP contribution in [-0.4, -0.2) is 20.9 Å². The molecule has 0 aliphatic heterocycles. The number of nitrogens with two attached hydrogens (primary N) is 1. The third kappa shape index (κ3) is 2.51. The zero-order valence-corrected chi connectivity index (χ0v) is 12.1.